The van der Waals surface area contributed by atoms with Crippen LogP contribution in [0.3, 0.4) is 0 Å². The normalized spacial score (nSPS) is 10.5. The Morgan fingerprint density at radius 1 is 1.45 bits per heavy atom. The first kappa shape index (κ1) is 14.2. The fourth-order valence-corrected chi connectivity index (χ4v) is 2.64. The summed E-state index contributed by atoms with van der Waals surface area (Å²) in [6.07, 6.45) is 5.14. The van der Waals surface area contributed by atoms with Crippen LogP contribution in [-0.2, 0) is 7.05 Å². The highest BCUT2D eigenvalue weighted by atomic mass is 32.1. The van der Waals surface area contributed by atoms with E-state index in [4.69, 9.17) is 4.74 Å². The number of nitrogens with zero attached hydrogens (tertiary/aromatic N) is 4. The van der Waals surface area contributed by atoms with Crippen molar-refractivity contribution in [2.75, 3.05) is 12.4 Å². The third-order valence-electron chi connectivity index (χ3n) is 2.91. The molecule has 0 unspecified atom stereocenters. The second-order valence-corrected chi connectivity index (χ2v) is 5.31. The van der Waals surface area contributed by atoms with Crippen LogP contribution in [0.15, 0.2) is 36.1 Å². The molecule has 0 fully saturated rings. The predicted octanol–water partition coefficient (Wildman–Crippen LogP) is 2.20. The van der Waals surface area contributed by atoms with E-state index in [1.165, 1.54) is 18.4 Å². The minimum atomic E-state index is -0.330. The Morgan fingerprint density at radius 2 is 2.32 bits per heavy atom. The van der Waals surface area contributed by atoms with Crippen LogP contribution in [0.5, 0.6) is 5.75 Å². The number of carbonyl (C=O) groups excluding carboxylic acids is 1. The molecule has 0 aromatic carbocycles. The molecule has 7 nitrogen and oxygen atoms in total. The van der Waals surface area contributed by atoms with Crippen molar-refractivity contribution in [3.05, 3.63) is 41.8 Å². The van der Waals surface area contributed by atoms with Crippen LogP contribution < -0.4 is 10.1 Å². The van der Waals surface area contributed by atoms with Gasteiger partial charge in [-0.25, -0.2) is 9.97 Å². The van der Waals surface area contributed by atoms with Crippen LogP contribution in [0.2, 0.25) is 0 Å². The van der Waals surface area contributed by atoms with E-state index in [-0.39, 0.29) is 5.91 Å². The predicted molar refractivity (Wildman–Crippen MR) is 83.1 cm³/mol. The van der Waals surface area contributed by atoms with Gasteiger partial charge in [-0.05, 0) is 12.1 Å². The Morgan fingerprint density at radius 3 is 3.05 bits per heavy atom. The zero-order chi connectivity index (χ0) is 15.5. The zero-order valence-corrected chi connectivity index (χ0v) is 12.8. The number of aromatic nitrogens is 4. The zero-order valence-electron chi connectivity index (χ0n) is 12.0. The molecule has 0 spiro atoms. The summed E-state index contributed by atoms with van der Waals surface area (Å²) in [6.45, 7) is 0. The third kappa shape index (κ3) is 2.82. The number of rotatable bonds is 4. The first-order valence-corrected chi connectivity index (χ1v) is 7.30. The van der Waals surface area contributed by atoms with Crippen molar-refractivity contribution in [3.63, 3.8) is 0 Å². The van der Waals surface area contributed by atoms with Crippen LogP contribution in [0.1, 0.15) is 10.5 Å². The molecule has 0 aliphatic rings. The number of thiazole rings is 1. The Balaban J connectivity index is 1.80. The smallest absolute Gasteiger partial charge is 0.276 e. The summed E-state index contributed by atoms with van der Waals surface area (Å²) in [7, 11) is 3.36. The van der Waals surface area contributed by atoms with Crippen molar-refractivity contribution in [2.24, 2.45) is 7.05 Å². The van der Waals surface area contributed by atoms with Crippen LogP contribution in [-0.4, -0.2) is 32.8 Å². The first-order valence-electron chi connectivity index (χ1n) is 6.42. The molecule has 112 valence electrons. The lowest BCUT2D eigenvalue weighted by Crippen LogP contribution is -2.14. The Hall–Kier alpha value is -2.74. The van der Waals surface area contributed by atoms with E-state index in [0.717, 1.165) is 10.6 Å². The van der Waals surface area contributed by atoms with Crippen molar-refractivity contribution < 1.29 is 9.53 Å². The number of ether oxygens (including phenoxy) is 1. The van der Waals surface area contributed by atoms with E-state index in [2.05, 4.69) is 20.4 Å². The van der Waals surface area contributed by atoms with Crippen molar-refractivity contribution in [1.82, 2.24) is 19.7 Å². The number of amides is 1. The van der Waals surface area contributed by atoms with Crippen molar-refractivity contribution in [2.45, 2.75) is 0 Å². The van der Waals surface area contributed by atoms with E-state index in [9.17, 15) is 4.79 Å². The Labute approximate surface area is 130 Å². The van der Waals surface area contributed by atoms with Gasteiger partial charge < -0.3 is 10.1 Å². The number of carbonyl (C=O) groups is 1. The molecule has 0 radical (unpaired) electrons. The number of nitrogens with one attached hydrogen (secondary N) is 1. The van der Waals surface area contributed by atoms with Gasteiger partial charge in [-0.2, -0.15) is 5.10 Å². The van der Waals surface area contributed by atoms with Gasteiger partial charge in [0.05, 0.1) is 13.3 Å². The molecule has 3 heterocycles. The van der Waals surface area contributed by atoms with Gasteiger partial charge in [0.1, 0.15) is 10.7 Å². The fourth-order valence-electron chi connectivity index (χ4n) is 1.86. The van der Waals surface area contributed by atoms with E-state index >= 15 is 0 Å². The van der Waals surface area contributed by atoms with E-state index < -0.39 is 0 Å². The first-order chi connectivity index (χ1) is 10.7. The summed E-state index contributed by atoms with van der Waals surface area (Å²) in [6, 6.07) is 3.46. The third-order valence-corrected chi connectivity index (χ3v) is 3.80. The average molecular weight is 315 g/mol. The summed E-state index contributed by atoms with van der Waals surface area (Å²) in [5.41, 5.74) is 1.21. The van der Waals surface area contributed by atoms with Gasteiger partial charge >= 0.3 is 0 Å². The second kappa shape index (κ2) is 5.94. The monoisotopic (exact) mass is 315 g/mol. The molecule has 0 aliphatic heterocycles. The molecule has 0 bridgehead atoms. The minimum Gasteiger partial charge on any atom is -0.493 e. The van der Waals surface area contributed by atoms with Gasteiger partial charge in [-0.15, -0.1) is 11.3 Å². The number of pyridine rings is 1. The fraction of sp³-hybridized carbons (Fsp3) is 0.143. The molecular formula is C14H13N5O2S. The number of hydrogen-bond acceptors (Lipinski definition) is 6. The quantitative estimate of drug-likeness (QED) is 0.798. The van der Waals surface area contributed by atoms with Gasteiger partial charge in [-0.1, -0.05) is 0 Å². The number of anilines is 1. The molecule has 0 aliphatic carbocycles. The molecular weight excluding hydrogens is 302 g/mol. The minimum absolute atomic E-state index is 0.330. The summed E-state index contributed by atoms with van der Waals surface area (Å²) in [5, 5.41) is 9.23. The number of methoxy groups -OCH3 is 1. The summed E-state index contributed by atoms with van der Waals surface area (Å²) in [4.78, 5) is 20.7. The van der Waals surface area contributed by atoms with Crippen LogP contribution in [0, 0.1) is 0 Å². The second-order valence-electron chi connectivity index (χ2n) is 4.45. The highest BCUT2D eigenvalue weighted by Gasteiger charge is 2.15. The van der Waals surface area contributed by atoms with Gasteiger partial charge in [0.15, 0.2) is 11.6 Å². The van der Waals surface area contributed by atoms with Crippen molar-refractivity contribution >= 4 is 23.1 Å². The van der Waals surface area contributed by atoms with Crippen molar-refractivity contribution in [3.8, 4) is 16.3 Å². The largest absolute Gasteiger partial charge is 0.493 e. The van der Waals surface area contributed by atoms with Gasteiger partial charge in [0, 0.05) is 30.4 Å². The van der Waals surface area contributed by atoms with Gasteiger partial charge in [-0.3, -0.25) is 9.48 Å². The summed E-state index contributed by atoms with van der Waals surface area (Å²) >= 11 is 1.39. The maximum Gasteiger partial charge on any atom is 0.276 e. The lowest BCUT2D eigenvalue weighted by Gasteiger charge is -2.07. The molecule has 0 saturated heterocycles. The lowest BCUT2D eigenvalue weighted by atomic mass is 10.3. The lowest BCUT2D eigenvalue weighted by molar-refractivity contribution is 0.102. The Bertz CT molecular complexity index is 811. The number of aryl methyl sites for hydroxylation is 1. The molecule has 3 rings (SSSR count). The highest BCUT2D eigenvalue weighted by Crippen LogP contribution is 2.24. The maximum absolute atomic E-state index is 12.2. The average Bonchev–Trinajstić information content (AvgIpc) is 3.16. The summed E-state index contributed by atoms with van der Waals surface area (Å²) < 4.78 is 6.84. The standard InChI is InChI=1S/C14H13N5O2S/c1-19-7-9(6-16-19)14-17-10(8-22-14)13(20)18-12-11(21-2)4-3-5-15-12/h3-8H,1-2H3,(H,15,18,20). The van der Waals surface area contributed by atoms with Crippen LogP contribution >= 0.6 is 11.3 Å². The molecule has 0 atom stereocenters. The van der Waals surface area contributed by atoms with Crippen LogP contribution in [0.4, 0.5) is 5.82 Å². The molecule has 0 saturated carbocycles. The van der Waals surface area contributed by atoms with E-state index in [0.29, 0.717) is 17.3 Å². The van der Waals surface area contributed by atoms with Crippen LogP contribution in [0.25, 0.3) is 10.6 Å². The molecule has 8 heteroatoms. The highest BCUT2D eigenvalue weighted by molar-refractivity contribution is 7.13. The van der Waals surface area contributed by atoms with E-state index in [1.807, 2.05) is 13.2 Å². The van der Waals surface area contributed by atoms with Crippen molar-refractivity contribution in [1.29, 1.82) is 0 Å². The molecule has 1 N–H and O–H groups in total. The van der Waals surface area contributed by atoms with E-state index in [1.54, 1.807) is 34.6 Å². The number of hydrogen-bond donors (Lipinski definition) is 1. The molecule has 22 heavy (non-hydrogen) atoms. The molecule has 1 amide bonds. The molecule has 3 aromatic heterocycles. The topological polar surface area (TPSA) is 81.9 Å². The Kier molecular flexibility index (Phi) is 3.84. The van der Waals surface area contributed by atoms with Gasteiger partial charge in [0.25, 0.3) is 5.91 Å². The maximum atomic E-state index is 12.2. The molecule has 3 aromatic rings. The SMILES string of the molecule is COc1cccnc1NC(=O)c1csc(-c2cnn(C)c2)n1. The van der Waals surface area contributed by atoms with Gasteiger partial charge in [0.2, 0.25) is 0 Å². The summed E-state index contributed by atoms with van der Waals surface area (Å²) in [5.74, 6) is 0.535.